The Labute approximate surface area is 144 Å². The lowest BCUT2D eigenvalue weighted by atomic mass is 9.77. The van der Waals surface area contributed by atoms with Crippen LogP contribution in [0.1, 0.15) is 33.6 Å². The van der Waals surface area contributed by atoms with Gasteiger partial charge in [-0.05, 0) is 49.1 Å². The molecular weight excluding hydrogens is 300 g/mol. The number of carbonyl (C=O) groups excluding carboxylic acids is 1. The Balaban J connectivity index is 0.000000185. The molecule has 3 rings (SSSR count). The Morgan fingerprint density at radius 3 is 1.46 bits per heavy atom. The van der Waals surface area contributed by atoms with Crippen LogP contribution in [0.15, 0.2) is 72.3 Å². The van der Waals surface area contributed by atoms with E-state index in [-0.39, 0.29) is 11.2 Å². The fourth-order valence-corrected chi connectivity index (χ4v) is 2.52. The van der Waals surface area contributed by atoms with Crippen molar-refractivity contribution in [3.8, 4) is 11.5 Å². The summed E-state index contributed by atoms with van der Waals surface area (Å²) in [5.41, 5.74) is 1.43. The van der Waals surface area contributed by atoms with Gasteiger partial charge in [-0.25, -0.2) is 0 Å². The molecule has 3 nitrogen and oxygen atoms in total. The van der Waals surface area contributed by atoms with Gasteiger partial charge in [0.15, 0.2) is 5.78 Å². The van der Waals surface area contributed by atoms with Crippen molar-refractivity contribution in [2.45, 2.75) is 33.6 Å². The van der Waals surface area contributed by atoms with Crippen molar-refractivity contribution < 1.29 is 15.0 Å². The molecule has 1 aliphatic carbocycles. The molecule has 24 heavy (non-hydrogen) atoms. The molecule has 3 heteroatoms. The number of ketones is 1. The van der Waals surface area contributed by atoms with Crippen LogP contribution in [0.25, 0.3) is 0 Å². The van der Waals surface area contributed by atoms with Crippen LogP contribution in [0.4, 0.5) is 0 Å². The van der Waals surface area contributed by atoms with Crippen LogP contribution in [-0.2, 0) is 4.79 Å². The summed E-state index contributed by atoms with van der Waals surface area (Å²) in [6.45, 7) is 6.31. The largest absolute Gasteiger partial charge is 0.508 e. The Kier molecular flexibility index (Phi) is 7.76. The van der Waals surface area contributed by atoms with Gasteiger partial charge in [-0.3, -0.25) is 4.79 Å². The summed E-state index contributed by atoms with van der Waals surface area (Å²) in [4.78, 5) is 11.0. The predicted molar refractivity (Wildman–Crippen MR) is 98.0 cm³/mol. The van der Waals surface area contributed by atoms with Gasteiger partial charge in [0.25, 0.3) is 0 Å². The van der Waals surface area contributed by atoms with Crippen LogP contribution in [-0.4, -0.2) is 16.0 Å². The SMILES string of the molecule is CC1=CC(=O)CC(C)(C)C1.Oc1ccccc1.Oc1ccccc1. The normalized spacial score (nSPS) is 15.1. The summed E-state index contributed by atoms with van der Waals surface area (Å²) in [6.07, 6.45) is 3.55. The second-order valence-corrected chi connectivity index (χ2v) is 6.65. The summed E-state index contributed by atoms with van der Waals surface area (Å²) in [7, 11) is 0. The van der Waals surface area contributed by atoms with Crippen LogP contribution >= 0.6 is 0 Å². The first-order valence-electron chi connectivity index (χ1n) is 7.96. The number of allylic oxidation sites excluding steroid dienone is 2. The number of hydrogen-bond donors (Lipinski definition) is 2. The van der Waals surface area contributed by atoms with Gasteiger partial charge in [-0.15, -0.1) is 0 Å². The van der Waals surface area contributed by atoms with Gasteiger partial charge in [0.1, 0.15) is 11.5 Å². The second-order valence-electron chi connectivity index (χ2n) is 6.65. The molecule has 0 bridgehead atoms. The van der Waals surface area contributed by atoms with Crippen molar-refractivity contribution in [1.82, 2.24) is 0 Å². The van der Waals surface area contributed by atoms with E-state index in [9.17, 15) is 4.79 Å². The maximum atomic E-state index is 11.0. The maximum absolute atomic E-state index is 11.0. The summed E-state index contributed by atoms with van der Waals surface area (Å²) in [5.74, 6) is 0.929. The van der Waals surface area contributed by atoms with Gasteiger partial charge < -0.3 is 10.2 Å². The van der Waals surface area contributed by atoms with Crippen LogP contribution in [0.3, 0.4) is 0 Å². The number of phenolic OH excluding ortho intramolecular Hbond substituents is 2. The molecule has 0 amide bonds. The average Bonchev–Trinajstić information content (AvgIpc) is 2.47. The van der Waals surface area contributed by atoms with Crippen molar-refractivity contribution in [3.05, 3.63) is 72.3 Å². The van der Waals surface area contributed by atoms with E-state index in [2.05, 4.69) is 13.8 Å². The van der Waals surface area contributed by atoms with E-state index in [1.54, 1.807) is 54.6 Å². The molecule has 0 saturated carbocycles. The minimum absolute atomic E-state index is 0.204. The summed E-state index contributed by atoms with van der Waals surface area (Å²) in [5, 5.41) is 17.3. The molecule has 1 aliphatic rings. The number of hydrogen-bond acceptors (Lipinski definition) is 3. The molecule has 0 aromatic heterocycles. The molecular formula is C21H26O3. The van der Waals surface area contributed by atoms with E-state index in [1.165, 1.54) is 5.57 Å². The van der Waals surface area contributed by atoms with E-state index < -0.39 is 0 Å². The van der Waals surface area contributed by atoms with E-state index in [0.717, 1.165) is 6.42 Å². The lowest BCUT2D eigenvalue weighted by Gasteiger charge is -2.27. The molecule has 0 heterocycles. The van der Waals surface area contributed by atoms with Gasteiger partial charge in [0.2, 0.25) is 0 Å². The number of aromatic hydroxyl groups is 2. The van der Waals surface area contributed by atoms with Crippen molar-refractivity contribution in [2.75, 3.05) is 0 Å². The molecule has 0 unspecified atom stereocenters. The highest BCUT2D eigenvalue weighted by Crippen LogP contribution is 2.32. The predicted octanol–water partition coefficient (Wildman–Crippen LogP) is 5.11. The van der Waals surface area contributed by atoms with Crippen LogP contribution in [0, 0.1) is 5.41 Å². The Hall–Kier alpha value is -2.55. The molecule has 0 radical (unpaired) electrons. The van der Waals surface area contributed by atoms with Crippen LogP contribution in [0.5, 0.6) is 11.5 Å². The molecule has 0 saturated heterocycles. The number of benzene rings is 2. The van der Waals surface area contributed by atoms with Gasteiger partial charge in [-0.2, -0.15) is 0 Å². The maximum Gasteiger partial charge on any atom is 0.156 e. The monoisotopic (exact) mass is 326 g/mol. The van der Waals surface area contributed by atoms with Crippen LogP contribution in [0.2, 0.25) is 0 Å². The molecule has 2 aromatic carbocycles. The smallest absolute Gasteiger partial charge is 0.156 e. The topological polar surface area (TPSA) is 57.5 Å². The highest BCUT2D eigenvalue weighted by Gasteiger charge is 2.25. The zero-order valence-corrected chi connectivity index (χ0v) is 14.6. The lowest BCUT2D eigenvalue weighted by Crippen LogP contribution is -2.20. The minimum Gasteiger partial charge on any atom is -0.508 e. The third kappa shape index (κ3) is 8.79. The molecule has 128 valence electrons. The summed E-state index contributed by atoms with van der Waals surface area (Å²) >= 11 is 0. The average molecular weight is 326 g/mol. The first kappa shape index (κ1) is 19.5. The van der Waals surface area contributed by atoms with Crippen molar-refractivity contribution in [3.63, 3.8) is 0 Å². The van der Waals surface area contributed by atoms with E-state index in [4.69, 9.17) is 10.2 Å². The zero-order chi connectivity index (χ0) is 18.0. The Morgan fingerprint density at radius 1 is 0.792 bits per heavy atom. The summed E-state index contributed by atoms with van der Waals surface area (Å²) in [6, 6.07) is 17.4. The third-order valence-electron chi connectivity index (χ3n) is 3.33. The third-order valence-corrected chi connectivity index (χ3v) is 3.33. The zero-order valence-electron chi connectivity index (χ0n) is 14.6. The van der Waals surface area contributed by atoms with Crippen molar-refractivity contribution >= 4 is 5.78 Å². The fraction of sp³-hybridized carbons (Fsp3) is 0.286. The lowest BCUT2D eigenvalue weighted by molar-refractivity contribution is -0.117. The van der Waals surface area contributed by atoms with E-state index in [0.29, 0.717) is 17.9 Å². The van der Waals surface area contributed by atoms with Crippen molar-refractivity contribution in [1.29, 1.82) is 0 Å². The Bertz CT molecular complexity index is 606. The first-order chi connectivity index (χ1) is 11.3. The van der Waals surface area contributed by atoms with Gasteiger partial charge in [0, 0.05) is 6.42 Å². The van der Waals surface area contributed by atoms with Gasteiger partial charge >= 0.3 is 0 Å². The number of para-hydroxylation sites is 2. The minimum atomic E-state index is 0.204. The quantitative estimate of drug-likeness (QED) is 0.707. The van der Waals surface area contributed by atoms with E-state index in [1.807, 2.05) is 19.1 Å². The number of rotatable bonds is 0. The van der Waals surface area contributed by atoms with E-state index >= 15 is 0 Å². The highest BCUT2D eigenvalue weighted by molar-refractivity contribution is 5.91. The summed E-state index contributed by atoms with van der Waals surface area (Å²) < 4.78 is 0. The molecule has 0 atom stereocenters. The highest BCUT2D eigenvalue weighted by atomic mass is 16.3. The molecule has 2 aromatic rings. The fourth-order valence-electron chi connectivity index (χ4n) is 2.52. The standard InChI is InChI=1S/C9H14O.2C6H6O/c1-7-4-8(10)6-9(2,3)5-7;2*7-6-4-2-1-3-5-6/h4H,5-6H2,1-3H3;2*1-5,7H. The van der Waals surface area contributed by atoms with Gasteiger partial charge in [0.05, 0.1) is 0 Å². The first-order valence-corrected chi connectivity index (χ1v) is 7.96. The second kappa shape index (κ2) is 9.56. The molecule has 2 N–H and O–H groups in total. The molecule has 0 aliphatic heterocycles. The molecule has 0 spiro atoms. The Morgan fingerprint density at radius 2 is 1.21 bits per heavy atom. The number of phenols is 2. The number of carbonyl (C=O) groups is 1. The van der Waals surface area contributed by atoms with Crippen LogP contribution < -0.4 is 0 Å². The molecule has 0 fully saturated rings. The van der Waals surface area contributed by atoms with Gasteiger partial charge in [-0.1, -0.05) is 55.8 Å². The van der Waals surface area contributed by atoms with Crippen molar-refractivity contribution in [2.24, 2.45) is 5.41 Å².